The van der Waals surface area contributed by atoms with Crippen molar-refractivity contribution >= 4 is 35.0 Å². The van der Waals surface area contributed by atoms with E-state index in [4.69, 9.17) is 27.9 Å². The van der Waals surface area contributed by atoms with Crippen molar-refractivity contribution in [3.8, 4) is 5.75 Å². The maximum absolute atomic E-state index is 5.89. The Morgan fingerprint density at radius 3 is 2.69 bits per heavy atom. The Balaban J connectivity index is 1.88. The molecule has 1 atom stereocenters. The van der Waals surface area contributed by atoms with E-state index in [1.54, 1.807) is 18.2 Å². The van der Waals surface area contributed by atoms with Crippen LogP contribution in [0.1, 0.15) is 0 Å². The molecule has 88 valence electrons. The van der Waals surface area contributed by atoms with Gasteiger partial charge in [-0.05, 0) is 18.2 Å². The monoisotopic (exact) mass is 277 g/mol. The van der Waals surface area contributed by atoms with Crippen LogP contribution < -0.4 is 10.1 Å². The van der Waals surface area contributed by atoms with E-state index in [-0.39, 0.29) is 0 Å². The van der Waals surface area contributed by atoms with Crippen LogP contribution >= 0.6 is 35.0 Å². The average Bonchev–Trinajstić information content (AvgIpc) is 2.27. The number of hydrogen-bond acceptors (Lipinski definition) is 3. The number of ether oxygens (including phenoxy) is 1. The topological polar surface area (TPSA) is 21.3 Å². The lowest BCUT2D eigenvalue weighted by atomic mass is 10.3. The van der Waals surface area contributed by atoms with Crippen molar-refractivity contribution < 1.29 is 4.74 Å². The first kappa shape index (κ1) is 12.4. The summed E-state index contributed by atoms with van der Waals surface area (Å²) in [5.74, 6) is 3.00. The van der Waals surface area contributed by atoms with Crippen LogP contribution in [0.2, 0.25) is 10.0 Å². The fourth-order valence-corrected chi connectivity index (χ4v) is 2.97. The maximum atomic E-state index is 5.89. The lowest BCUT2D eigenvalue weighted by Gasteiger charge is -2.23. The van der Waals surface area contributed by atoms with Crippen LogP contribution in [0.15, 0.2) is 18.2 Å². The van der Waals surface area contributed by atoms with Crippen molar-refractivity contribution in [2.75, 3.05) is 24.7 Å². The Morgan fingerprint density at radius 1 is 1.31 bits per heavy atom. The van der Waals surface area contributed by atoms with Crippen molar-refractivity contribution in [3.63, 3.8) is 0 Å². The van der Waals surface area contributed by atoms with Gasteiger partial charge in [-0.1, -0.05) is 23.2 Å². The van der Waals surface area contributed by atoms with Gasteiger partial charge in [-0.3, -0.25) is 0 Å². The molecule has 2 nitrogen and oxygen atoms in total. The fraction of sp³-hybridized carbons (Fsp3) is 0.455. The Morgan fingerprint density at radius 2 is 2.06 bits per heavy atom. The third-order valence-electron chi connectivity index (χ3n) is 2.29. The van der Waals surface area contributed by atoms with Crippen molar-refractivity contribution in [2.45, 2.75) is 6.04 Å². The van der Waals surface area contributed by atoms with Crippen LogP contribution in [-0.2, 0) is 0 Å². The van der Waals surface area contributed by atoms with Gasteiger partial charge in [-0.15, -0.1) is 0 Å². The molecular weight excluding hydrogens is 265 g/mol. The first-order valence-electron chi connectivity index (χ1n) is 5.14. The minimum atomic E-state index is 0.413. The molecule has 5 heteroatoms. The standard InChI is InChI=1S/C11H13Cl2NOS/c12-8-3-9(13)5-11(4-8)15-6-10-7-16-2-1-14-10/h3-5,10,14H,1-2,6-7H2. The largest absolute Gasteiger partial charge is 0.492 e. The highest BCUT2D eigenvalue weighted by Gasteiger charge is 2.13. The molecule has 0 spiro atoms. The van der Waals surface area contributed by atoms with E-state index in [1.807, 2.05) is 11.8 Å². The summed E-state index contributed by atoms with van der Waals surface area (Å²) in [7, 11) is 0. The summed E-state index contributed by atoms with van der Waals surface area (Å²) in [4.78, 5) is 0. The smallest absolute Gasteiger partial charge is 0.122 e. The van der Waals surface area contributed by atoms with Crippen LogP contribution in [0.25, 0.3) is 0 Å². The molecule has 1 N–H and O–H groups in total. The molecule has 1 aliphatic rings. The van der Waals surface area contributed by atoms with Crippen LogP contribution in [0, 0.1) is 0 Å². The van der Waals surface area contributed by atoms with Gasteiger partial charge in [0.15, 0.2) is 0 Å². The van der Waals surface area contributed by atoms with Crippen LogP contribution in [0.5, 0.6) is 5.75 Å². The minimum Gasteiger partial charge on any atom is -0.492 e. The highest BCUT2D eigenvalue weighted by atomic mass is 35.5. The maximum Gasteiger partial charge on any atom is 0.122 e. The molecule has 1 aromatic rings. The number of benzene rings is 1. The summed E-state index contributed by atoms with van der Waals surface area (Å²) in [5.41, 5.74) is 0. The summed E-state index contributed by atoms with van der Waals surface area (Å²) < 4.78 is 5.66. The second-order valence-electron chi connectivity index (χ2n) is 3.64. The summed E-state index contributed by atoms with van der Waals surface area (Å²) >= 11 is 13.7. The number of nitrogens with one attached hydrogen (secondary N) is 1. The van der Waals surface area contributed by atoms with E-state index in [0.29, 0.717) is 22.7 Å². The Labute approximate surface area is 110 Å². The van der Waals surface area contributed by atoms with Crippen LogP contribution in [0.4, 0.5) is 0 Å². The van der Waals surface area contributed by atoms with Crippen molar-refractivity contribution in [3.05, 3.63) is 28.2 Å². The quantitative estimate of drug-likeness (QED) is 0.918. The summed E-state index contributed by atoms with van der Waals surface area (Å²) in [5, 5.41) is 4.62. The summed E-state index contributed by atoms with van der Waals surface area (Å²) in [6, 6.07) is 5.67. The zero-order valence-electron chi connectivity index (χ0n) is 8.71. The number of halogens is 2. The Kier molecular flexibility index (Phi) is 4.65. The molecule has 1 aromatic carbocycles. The van der Waals surface area contributed by atoms with Gasteiger partial charge in [-0.2, -0.15) is 11.8 Å². The highest BCUT2D eigenvalue weighted by Crippen LogP contribution is 2.24. The third-order valence-corrected chi connectivity index (χ3v) is 3.85. The van der Waals surface area contributed by atoms with Crippen LogP contribution in [-0.4, -0.2) is 30.7 Å². The first-order valence-corrected chi connectivity index (χ1v) is 7.05. The summed E-state index contributed by atoms with van der Waals surface area (Å²) in [6.45, 7) is 1.71. The van der Waals surface area contributed by atoms with E-state index in [0.717, 1.165) is 18.0 Å². The minimum absolute atomic E-state index is 0.413. The van der Waals surface area contributed by atoms with E-state index < -0.39 is 0 Å². The SMILES string of the molecule is Clc1cc(Cl)cc(OCC2CSCCN2)c1. The molecule has 1 heterocycles. The first-order chi connectivity index (χ1) is 7.74. The molecule has 16 heavy (non-hydrogen) atoms. The van der Waals surface area contributed by atoms with Gasteiger partial charge >= 0.3 is 0 Å². The third kappa shape index (κ3) is 3.74. The van der Waals surface area contributed by atoms with E-state index in [1.165, 1.54) is 5.75 Å². The molecule has 1 unspecified atom stereocenters. The Bertz CT molecular complexity index is 336. The van der Waals surface area contributed by atoms with Gasteiger partial charge in [0.2, 0.25) is 0 Å². The molecule has 1 aliphatic heterocycles. The number of thioether (sulfide) groups is 1. The van der Waals surface area contributed by atoms with E-state index >= 15 is 0 Å². The normalized spacial score (nSPS) is 20.8. The molecule has 0 amide bonds. The molecule has 2 rings (SSSR count). The van der Waals surface area contributed by atoms with Crippen molar-refractivity contribution in [1.82, 2.24) is 5.32 Å². The fourth-order valence-electron chi connectivity index (χ4n) is 1.54. The van der Waals surface area contributed by atoms with Crippen molar-refractivity contribution in [1.29, 1.82) is 0 Å². The molecule has 0 radical (unpaired) electrons. The van der Waals surface area contributed by atoms with Gasteiger partial charge < -0.3 is 10.1 Å². The van der Waals surface area contributed by atoms with Crippen molar-refractivity contribution in [2.24, 2.45) is 0 Å². The predicted octanol–water partition coefficient (Wildman–Crippen LogP) is 3.08. The highest BCUT2D eigenvalue weighted by molar-refractivity contribution is 7.99. The molecule has 0 saturated carbocycles. The molecule has 1 fully saturated rings. The van der Waals surface area contributed by atoms with E-state index in [9.17, 15) is 0 Å². The molecular formula is C11H13Cl2NOS. The second-order valence-corrected chi connectivity index (χ2v) is 5.66. The second kappa shape index (κ2) is 6.01. The Hall–Kier alpha value is -0.0900. The average molecular weight is 278 g/mol. The zero-order chi connectivity index (χ0) is 11.4. The zero-order valence-corrected chi connectivity index (χ0v) is 11.0. The molecule has 0 aromatic heterocycles. The predicted molar refractivity (Wildman–Crippen MR) is 71.1 cm³/mol. The van der Waals surface area contributed by atoms with Gasteiger partial charge in [-0.25, -0.2) is 0 Å². The van der Waals surface area contributed by atoms with Gasteiger partial charge in [0, 0.05) is 28.1 Å². The summed E-state index contributed by atoms with van der Waals surface area (Å²) in [6.07, 6.45) is 0. The number of hydrogen-bond donors (Lipinski definition) is 1. The molecule has 1 saturated heterocycles. The molecule has 0 bridgehead atoms. The van der Waals surface area contributed by atoms with Gasteiger partial charge in [0.1, 0.15) is 12.4 Å². The molecule has 0 aliphatic carbocycles. The lowest BCUT2D eigenvalue weighted by molar-refractivity contribution is 0.276. The van der Waals surface area contributed by atoms with Gasteiger partial charge in [0.05, 0.1) is 6.04 Å². The lowest BCUT2D eigenvalue weighted by Crippen LogP contribution is -2.41. The van der Waals surface area contributed by atoms with Gasteiger partial charge in [0.25, 0.3) is 0 Å². The van der Waals surface area contributed by atoms with Crippen LogP contribution in [0.3, 0.4) is 0 Å². The van der Waals surface area contributed by atoms with E-state index in [2.05, 4.69) is 5.32 Å². The number of rotatable bonds is 3.